The highest BCUT2D eigenvalue weighted by Gasteiger charge is 2.12. The summed E-state index contributed by atoms with van der Waals surface area (Å²) in [4.78, 5) is 20.5. The predicted octanol–water partition coefficient (Wildman–Crippen LogP) is 3.29. The van der Waals surface area contributed by atoms with Gasteiger partial charge in [-0.05, 0) is 45.2 Å². The molecule has 4 N–H and O–H groups in total. The van der Waals surface area contributed by atoms with Gasteiger partial charge in [-0.15, -0.1) is 11.3 Å². The molecule has 2 aromatic heterocycles. The van der Waals surface area contributed by atoms with Crippen molar-refractivity contribution in [2.45, 2.75) is 46.2 Å². The molecule has 0 aliphatic carbocycles. The number of hydrogen-bond donors (Lipinski definition) is 3. The number of nitrogen functional groups attached to an aromatic ring is 1. The van der Waals surface area contributed by atoms with Crippen molar-refractivity contribution in [2.75, 3.05) is 5.73 Å². The van der Waals surface area contributed by atoms with Crippen molar-refractivity contribution in [3.05, 3.63) is 56.3 Å². The van der Waals surface area contributed by atoms with Gasteiger partial charge in [0.15, 0.2) is 10.6 Å². The summed E-state index contributed by atoms with van der Waals surface area (Å²) in [5.74, 6) is 0. The molecule has 0 amide bonds. The third-order valence-corrected chi connectivity index (χ3v) is 5.31. The van der Waals surface area contributed by atoms with Gasteiger partial charge in [-0.25, -0.2) is 4.98 Å². The molecule has 3 aromatic rings. The van der Waals surface area contributed by atoms with Crippen LogP contribution < -0.4 is 16.5 Å². The van der Waals surface area contributed by atoms with Crippen LogP contribution >= 0.6 is 11.3 Å². The van der Waals surface area contributed by atoms with Gasteiger partial charge in [-0.3, -0.25) is 4.79 Å². The minimum atomic E-state index is 0.148. The minimum absolute atomic E-state index is 0.148. The first-order valence-electron chi connectivity index (χ1n) is 8.50. The number of pyridine rings is 1. The Hall–Kier alpha value is -2.18. The van der Waals surface area contributed by atoms with E-state index in [2.05, 4.69) is 22.2 Å². The summed E-state index contributed by atoms with van der Waals surface area (Å²) in [5.41, 5.74) is 10.6. The Labute approximate surface area is 151 Å². The number of benzene rings is 1. The van der Waals surface area contributed by atoms with Crippen molar-refractivity contribution in [3.8, 4) is 0 Å². The molecule has 2 heterocycles. The van der Waals surface area contributed by atoms with Crippen LogP contribution in [0.5, 0.6) is 0 Å². The average Bonchev–Trinajstić information content (AvgIpc) is 2.99. The molecule has 0 saturated carbocycles. The maximum atomic E-state index is 12.8. The van der Waals surface area contributed by atoms with Crippen LogP contribution in [0.4, 0.5) is 5.13 Å². The highest BCUT2D eigenvalue weighted by Crippen LogP contribution is 2.16. The molecule has 6 heteroatoms. The van der Waals surface area contributed by atoms with E-state index in [0.717, 1.165) is 46.3 Å². The number of aromatic amines is 1. The van der Waals surface area contributed by atoms with Crippen LogP contribution in [0.2, 0.25) is 0 Å². The molecule has 0 radical (unpaired) electrons. The van der Waals surface area contributed by atoms with E-state index in [9.17, 15) is 4.79 Å². The molecule has 0 aliphatic rings. The lowest BCUT2D eigenvalue weighted by Gasteiger charge is -2.14. The summed E-state index contributed by atoms with van der Waals surface area (Å²) in [6.07, 6.45) is 1.64. The van der Waals surface area contributed by atoms with Crippen molar-refractivity contribution in [3.63, 3.8) is 0 Å². The van der Waals surface area contributed by atoms with Gasteiger partial charge in [0.25, 0.3) is 0 Å². The van der Waals surface area contributed by atoms with E-state index < -0.39 is 0 Å². The highest BCUT2D eigenvalue weighted by atomic mass is 32.1. The fraction of sp³-hybridized carbons (Fsp3) is 0.368. The number of nitrogens with two attached hydrogens (primary N) is 1. The minimum Gasteiger partial charge on any atom is -0.375 e. The first-order valence-corrected chi connectivity index (χ1v) is 9.38. The van der Waals surface area contributed by atoms with Gasteiger partial charge in [0.05, 0.1) is 11.2 Å². The summed E-state index contributed by atoms with van der Waals surface area (Å²) >= 11 is 1.45. The Kier molecular flexibility index (Phi) is 5.20. The Morgan fingerprint density at radius 3 is 2.88 bits per heavy atom. The quantitative estimate of drug-likeness (QED) is 0.633. The van der Waals surface area contributed by atoms with Crippen LogP contribution in [0.3, 0.4) is 0 Å². The Morgan fingerprint density at radius 1 is 1.36 bits per heavy atom. The number of para-hydroxylation sites is 1. The maximum absolute atomic E-state index is 12.8. The van der Waals surface area contributed by atoms with E-state index in [1.54, 1.807) is 0 Å². The fourth-order valence-electron chi connectivity index (χ4n) is 3.07. The van der Waals surface area contributed by atoms with Crippen LogP contribution in [0, 0.1) is 13.8 Å². The largest absolute Gasteiger partial charge is 0.375 e. The van der Waals surface area contributed by atoms with Crippen molar-refractivity contribution in [1.29, 1.82) is 0 Å². The van der Waals surface area contributed by atoms with Gasteiger partial charge in [-0.2, -0.15) is 0 Å². The van der Waals surface area contributed by atoms with Gasteiger partial charge in [-0.1, -0.05) is 12.1 Å². The number of aryl methyl sites for hydroxylation is 2. The standard InChI is InChI=1S/C19H24N4OS/c1-11-5-4-6-16-17(11)22-13(3)15(18(16)24)8-7-12(2)21-9-14-10-25-19(20)23-14/h4-6,10,12,21H,7-9H2,1-3H3,(H2,20,23)(H,22,24). The number of thiazole rings is 1. The predicted molar refractivity (Wildman–Crippen MR) is 105 cm³/mol. The first-order chi connectivity index (χ1) is 12.0. The van der Waals surface area contributed by atoms with E-state index in [1.807, 2.05) is 37.4 Å². The van der Waals surface area contributed by atoms with Gasteiger partial charge in [0.2, 0.25) is 0 Å². The van der Waals surface area contributed by atoms with E-state index in [1.165, 1.54) is 11.3 Å². The van der Waals surface area contributed by atoms with Gasteiger partial charge in [0.1, 0.15) is 0 Å². The lowest BCUT2D eigenvalue weighted by atomic mass is 10.0. The van der Waals surface area contributed by atoms with Crippen molar-refractivity contribution in [2.24, 2.45) is 0 Å². The van der Waals surface area contributed by atoms with E-state index in [4.69, 9.17) is 5.73 Å². The number of fused-ring (bicyclic) bond motifs is 1. The zero-order valence-corrected chi connectivity index (χ0v) is 15.7. The Morgan fingerprint density at radius 2 is 2.16 bits per heavy atom. The van der Waals surface area contributed by atoms with Crippen LogP contribution in [0.25, 0.3) is 10.9 Å². The monoisotopic (exact) mass is 356 g/mol. The molecule has 25 heavy (non-hydrogen) atoms. The number of nitrogens with one attached hydrogen (secondary N) is 2. The second-order valence-corrected chi connectivity index (χ2v) is 7.44. The molecule has 1 aromatic carbocycles. The maximum Gasteiger partial charge on any atom is 0.192 e. The zero-order chi connectivity index (χ0) is 18.0. The molecule has 1 atom stereocenters. The number of nitrogens with zero attached hydrogens (tertiary/aromatic N) is 1. The molecule has 0 aliphatic heterocycles. The molecule has 5 nitrogen and oxygen atoms in total. The van der Waals surface area contributed by atoms with E-state index in [0.29, 0.717) is 11.7 Å². The first kappa shape index (κ1) is 17.6. The number of anilines is 1. The normalized spacial score (nSPS) is 12.6. The number of aromatic nitrogens is 2. The Balaban J connectivity index is 1.69. The molecule has 0 saturated heterocycles. The highest BCUT2D eigenvalue weighted by molar-refractivity contribution is 7.13. The molecule has 132 valence electrons. The molecular weight excluding hydrogens is 332 g/mol. The lowest BCUT2D eigenvalue weighted by molar-refractivity contribution is 0.509. The van der Waals surface area contributed by atoms with Crippen LogP contribution in [-0.2, 0) is 13.0 Å². The van der Waals surface area contributed by atoms with E-state index >= 15 is 0 Å². The molecule has 0 bridgehead atoms. The summed E-state index contributed by atoms with van der Waals surface area (Å²) in [7, 11) is 0. The van der Waals surface area contributed by atoms with Crippen molar-refractivity contribution < 1.29 is 0 Å². The van der Waals surface area contributed by atoms with Crippen LogP contribution in [-0.4, -0.2) is 16.0 Å². The van der Waals surface area contributed by atoms with E-state index in [-0.39, 0.29) is 11.5 Å². The molecule has 0 spiro atoms. The smallest absolute Gasteiger partial charge is 0.192 e. The van der Waals surface area contributed by atoms with Crippen molar-refractivity contribution in [1.82, 2.24) is 15.3 Å². The fourth-order valence-corrected chi connectivity index (χ4v) is 3.63. The SMILES string of the molecule is Cc1[nH]c2c(C)cccc2c(=O)c1CCC(C)NCc1csc(N)n1. The lowest BCUT2D eigenvalue weighted by Crippen LogP contribution is -2.27. The summed E-state index contributed by atoms with van der Waals surface area (Å²) in [5, 5.41) is 6.78. The van der Waals surface area contributed by atoms with Gasteiger partial charge in [0, 0.05) is 34.6 Å². The van der Waals surface area contributed by atoms with Crippen LogP contribution in [0.1, 0.15) is 35.9 Å². The average molecular weight is 356 g/mol. The topological polar surface area (TPSA) is 83.8 Å². The second-order valence-electron chi connectivity index (χ2n) is 6.55. The molecule has 3 rings (SSSR count). The second kappa shape index (κ2) is 7.37. The summed E-state index contributed by atoms with van der Waals surface area (Å²) < 4.78 is 0. The summed E-state index contributed by atoms with van der Waals surface area (Å²) in [6.45, 7) is 6.83. The van der Waals surface area contributed by atoms with Gasteiger partial charge >= 0.3 is 0 Å². The third kappa shape index (κ3) is 3.91. The van der Waals surface area contributed by atoms with Gasteiger partial charge < -0.3 is 16.0 Å². The zero-order valence-electron chi connectivity index (χ0n) is 14.8. The van der Waals surface area contributed by atoms with Crippen LogP contribution in [0.15, 0.2) is 28.4 Å². The number of H-pyrrole nitrogens is 1. The summed E-state index contributed by atoms with van der Waals surface area (Å²) in [6, 6.07) is 6.15. The Bertz CT molecular complexity index is 944. The number of hydrogen-bond acceptors (Lipinski definition) is 5. The van der Waals surface area contributed by atoms with Crippen molar-refractivity contribution >= 4 is 27.4 Å². The molecular formula is C19H24N4OS. The number of rotatable bonds is 6. The molecule has 1 unspecified atom stereocenters. The third-order valence-electron chi connectivity index (χ3n) is 4.59. The molecule has 0 fully saturated rings.